The van der Waals surface area contributed by atoms with Crippen molar-refractivity contribution in [1.29, 1.82) is 0 Å². The molecule has 0 aromatic heterocycles. The smallest absolute Gasteiger partial charge is 0.318 e. The molecule has 0 saturated carbocycles. The molecule has 0 unspecified atom stereocenters. The van der Waals surface area contributed by atoms with Crippen LogP contribution in [0.3, 0.4) is 0 Å². The molecule has 20 heavy (non-hydrogen) atoms. The van der Waals surface area contributed by atoms with Crippen molar-refractivity contribution in [3.8, 4) is 0 Å². The van der Waals surface area contributed by atoms with Crippen molar-refractivity contribution in [3.63, 3.8) is 0 Å². The molecule has 110 valence electrons. The molecule has 1 aromatic carbocycles. The maximum absolute atomic E-state index is 11.9. The second kappa shape index (κ2) is 7.49. The van der Waals surface area contributed by atoms with Crippen LogP contribution in [0, 0.1) is 5.92 Å². The Labute approximate surface area is 119 Å². The molecule has 6 nitrogen and oxygen atoms in total. The van der Waals surface area contributed by atoms with Crippen molar-refractivity contribution in [2.24, 2.45) is 11.7 Å². The lowest BCUT2D eigenvalue weighted by Crippen LogP contribution is -2.36. The number of urea groups is 1. The number of benzene rings is 1. The molecular weight excluding hydrogens is 256 g/mol. The van der Waals surface area contributed by atoms with Gasteiger partial charge in [-0.15, -0.1) is 0 Å². The van der Waals surface area contributed by atoms with Crippen LogP contribution < -0.4 is 21.7 Å². The highest BCUT2D eigenvalue weighted by molar-refractivity contribution is 5.96. The first-order valence-corrected chi connectivity index (χ1v) is 6.57. The Morgan fingerprint density at radius 1 is 1.20 bits per heavy atom. The lowest BCUT2D eigenvalue weighted by molar-refractivity contribution is -0.117. The van der Waals surface area contributed by atoms with E-state index in [9.17, 15) is 9.59 Å². The number of amides is 3. The van der Waals surface area contributed by atoms with E-state index in [1.165, 1.54) is 7.05 Å². The van der Waals surface area contributed by atoms with E-state index in [1.54, 1.807) is 24.3 Å². The van der Waals surface area contributed by atoms with Crippen LogP contribution in [0.2, 0.25) is 0 Å². The minimum Gasteiger partial charge on any atom is -0.341 e. The molecule has 0 fully saturated rings. The van der Waals surface area contributed by atoms with Gasteiger partial charge in [0.25, 0.3) is 0 Å². The van der Waals surface area contributed by atoms with E-state index in [2.05, 4.69) is 16.0 Å². The highest BCUT2D eigenvalue weighted by atomic mass is 16.2. The zero-order valence-corrected chi connectivity index (χ0v) is 12.1. The average molecular weight is 278 g/mol. The van der Waals surface area contributed by atoms with Gasteiger partial charge < -0.3 is 21.7 Å². The zero-order valence-electron chi connectivity index (χ0n) is 12.1. The van der Waals surface area contributed by atoms with Gasteiger partial charge in [-0.1, -0.05) is 19.9 Å². The molecule has 0 bridgehead atoms. The largest absolute Gasteiger partial charge is 0.341 e. The quantitative estimate of drug-likeness (QED) is 0.660. The van der Waals surface area contributed by atoms with Crippen LogP contribution in [0.1, 0.15) is 20.3 Å². The molecule has 5 N–H and O–H groups in total. The lowest BCUT2D eigenvalue weighted by Gasteiger charge is -2.14. The van der Waals surface area contributed by atoms with Crippen LogP contribution in [0.4, 0.5) is 16.2 Å². The van der Waals surface area contributed by atoms with Crippen LogP contribution in [-0.2, 0) is 4.79 Å². The van der Waals surface area contributed by atoms with E-state index in [1.807, 2.05) is 13.8 Å². The molecule has 0 spiro atoms. The van der Waals surface area contributed by atoms with Gasteiger partial charge >= 0.3 is 6.03 Å². The molecular formula is C14H22N4O2. The topological polar surface area (TPSA) is 96.2 Å². The fourth-order valence-electron chi connectivity index (χ4n) is 1.72. The highest BCUT2D eigenvalue weighted by Gasteiger charge is 2.15. The molecule has 0 heterocycles. The van der Waals surface area contributed by atoms with Crippen LogP contribution in [0.5, 0.6) is 0 Å². The second-order valence-corrected chi connectivity index (χ2v) is 5.01. The van der Waals surface area contributed by atoms with Gasteiger partial charge in [0.15, 0.2) is 0 Å². The Balaban J connectivity index is 2.66. The zero-order chi connectivity index (χ0) is 15.1. The first-order valence-electron chi connectivity index (χ1n) is 6.57. The number of nitrogens with one attached hydrogen (secondary N) is 3. The van der Waals surface area contributed by atoms with Crippen LogP contribution in [0.25, 0.3) is 0 Å². The highest BCUT2D eigenvalue weighted by Crippen LogP contribution is 2.15. The molecule has 0 radical (unpaired) electrons. The number of carbonyl (C=O) groups is 2. The molecule has 0 aliphatic rings. The Hall–Kier alpha value is -2.08. The maximum Gasteiger partial charge on any atom is 0.318 e. The van der Waals surface area contributed by atoms with Crippen molar-refractivity contribution in [1.82, 2.24) is 5.32 Å². The predicted octanol–water partition coefficient (Wildman–Crippen LogP) is 1.75. The van der Waals surface area contributed by atoms with E-state index >= 15 is 0 Å². The van der Waals surface area contributed by atoms with Gasteiger partial charge in [-0.3, -0.25) is 4.79 Å². The standard InChI is InChI=1S/C14H22N4O2/c1-9(2)7-12(15)13(19)17-10-5-4-6-11(8-10)18-14(20)16-3/h4-6,8-9,12H,7,15H2,1-3H3,(H,17,19)(H2,16,18,20)/t12-/m0/s1. The lowest BCUT2D eigenvalue weighted by atomic mass is 10.0. The van der Waals surface area contributed by atoms with Crippen molar-refractivity contribution < 1.29 is 9.59 Å². The number of rotatable bonds is 5. The summed E-state index contributed by atoms with van der Waals surface area (Å²) in [6.45, 7) is 4.03. The summed E-state index contributed by atoms with van der Waals surface area (Å²) in [7, 11) is 1.53. The summed E-state index contributed by atoms with van der Waals surface area (Å²) < 4.78 is 0. The number of anilines is 2. The van der Waals surface area contributed by atoms with E-state index < -0.39 is 6.04 Å². The van der Waals surface area contributed by atoms with Gasteiger partial charge in [0.2, 0.25) is 5.91 Å². The van der Waals surface area contributed by atoms with Crippen molar-refractivity contribution >= 4 is 23.3 Å². The average Bonchev–Trinajstić information content (AvgIpc) is 2.38. The Kier molecular flexibility index (Phi) is 5.99. The van der Waals surface area contributed by atoms with Gasteiger partial charge in [-0.25, -0.2) is 4.79 Å². The fraction of sp³-hybridized carbons (Fsp3) is 0.429. The maximum atomic E-state index is 11.9. The third-order valence-corrected chi connectivity index (χ3v) is 2.68. The number of hydrogen-bond acceptors (Lipinski definition) is 3. The van der Waals surface area contributed by atoms with Gasteiger partial charge in [0.05, 0.1) is 6.04 Å². The predicted molar refractivity (Wildman–Crippen MR) is 80.6 cm³/mol. The molecule has 1 atom stereocenters. The Morgan fingerprint density at radius 3 is 2.35 bits per heavy atom. The summed E-state index contributed by atoms with van der Waals surface area (Å²) in [4.78, 5) is 23.1. The summed E-state index contributed by atoms with van der Waals surface area (Å²) >= 11 is 0. The van der Waals surface area contributed by atoms with Gasteiger partial charge in [-0.05, 0) is 30.5 Å². The van der Waals surface area contributed by atoms with Crippen molar-refractivity contribution in [3.05, 3.63) is 24.3 Å². The van der Waals surface area contributed by atoms with E-state index in [-0.39, 0.29) is 11.9 Å². The summed E-state index contributed by atoms with van der Waals surface area (Å²) in [6.07, 6.45) is 0.627. The monoisotopic (exact) mass is 278 g/mol. The number of hydrogen-bond donors (Lipinski definition) is 4. The molecule has 6 heteroatoms. The Morgan fingerprint density at radius 2 is 1.80 bits per heavy atom. The van der Waals surface area contributed by atoms with Gasteiger partial charge in [-0.2, -0.15) is 0 Å². The van der Waals surface area contributed by atoms with Crippen LogP contribution in [-0.4, -0.2) is 25.0 Å². The molecule has 1 rings (SSSR count). The van der Waals surface area contributed by atoms with Crippen molar-refractivity contribution in [2.45, 2.75) is 26.3 Å². The molecule has 3 amide bonds. The Bertz CT molecular complexity index is 474. The fourth-order valence-corrected chi connectivity index (χ4v) is 1.72. The third kappa shape index (κ3) is 5.27. The molecule has 0 saturated heterocycles. The van der Waals surface area contributed by atoms with E-state index in [4.69, 9.17) is 5.73 Å². The normalized spacial score (nSPS) is 11.8. The van der Waals surface area contributed by atoms with E-state index in [0.717, 1.165) is 0 Å². The van der Waals surface area contributed by atoms with Gasteiger partial charge in [0.1, 0.15) is 0 Å². The summed E-state index contributed by atoms with van der Waals surface area (Å²) in [5, 5.41) is 7.83. The molecule has 0 aliphatic carbocycles. The summed E-state index contributed by atoms with van der Waals surface area (Å²) in [5.41, 5.74) is 7.01. The second-order valence-electron chi connectivity index (χ2n) is 5.01. The molecule has 1 aromatic rings. The summed E-state index contributed by atoms with van der Waals surface area (Å²) in [5.74, 6) is 0.132. The minimum atomic E-state index is -0.537. The SMILES string of the molecule is CNC(=O)Nc1cccc(NC(=O)[C@@H](N)CC(C)C)c1. The minimum absolute atomic E-state index is 0.226. The van der Waals surface area contributed by atoms with E-state index in [0.29, 0.717) is 23.7 Å². The van der Waals surface area contributed by atoms with Gasteiger partial charge in [0, 0.05) is 18.4 Å². The number of carbonyl (C=O) groups excluding carboxylic acids is 2. The first kappa shape index (κ1) is 16.0. The first-order chi connectivity index (χ1) is 9.42. The van der Waals surface area contributed by atoms with Crippen LogP contribution in [0.15, 0.2) is 24.3 Å². The number of nitrogens with two attached hydrogens (primary N) is 1. The third-order valence-electron chi connectivity index (χ3n) is 2.68. The van der Waals surface area contributed by atoms with Crippen LogP contribution >= 0.6 is 0 Å². The molecule has 0 aliphatic heterocycles. The summed E-state index contributed by atoms with van der Waals surface area (Å²) in [6, 6.07) is 6.05. The van der Waals surface area contributed by atoms with Crippen molar-refractivity contribution in [2.75, 3.05) is 17.7 Å².